The molecule has 0 fully saturated rings. The van der Waals surface area contributed by atoms with E-state index in [0.29, 0.717) is 5.41 Å². The van der Waals surface area contributed by atoms with Gasteiger partial charge in [-0.1, -0.05) is 62.6 Å². The third-order valence-electron chi connectivity index (χ3n) is 1.81. The average Bonchev–Trinajstić information content (AvgIpc) is 1.85. The molecule has 0 aliphatic heterocycles. The molecule has 11 heavy (non-hydrogen) atoms. The molecule has 0 amide bonds. The molecule has 0 radical (unpaired) electrons. The standard InChI is InChI=1S/C10H21I/c1-10(2,3)8-6-4-5-7-9-11/h4-9H2,1-3H3. The fourth-order valence-electron chi connectivity index (χ4n) is 1.10. The van der Waals surface area contributed by atoms with Crippen molar-refractivity contribution in [3.05, 3.63) is 0 Å². The number of hydrogen-bond acceptors (Lipinski definition) is 0. The molecule has 0 N–H and O–H groups in total. The molecule has 0 aliphatic rings. The van der Waals surface area contributed by atoms with Gasteiger partial charge in [0.15, 0.2) is 0 Å². The molecule has 0 saturated heterocycles. The van der Waals surface area contributed by atoms with Crippen LogP contribution < -0.4 is 0 Å². The van der Waals surface area contributed by atoms with Crippen LogP contribution in [0.3, 0.4) is 0 Å². The van der Waals surface area contributed by atoms with Gasteiger partial charge in [-0.25, -0.2) is 0 Å². The Kier molecular flexibility index (Phi) is 6.68. The number of rotatable bonds is 5. The number of alkyl halides is 1. The first-order valence-electron chi connectivity index (χ1n) is 4.62. The maximum atomic E-state index is 2.46. The van der Waals surface area contributed by atoms with Crippen LogP contribution in [0.5, 0.6) is 0 Å². The van der Waals surface area contributed by atoms with Crippen LogP contribution >= 0.6 is 22.6 Å². The van der Waals surface area contributed by atoms with Crippen molar-refractivity contribution in [3.8, 4) is 0 Å². The molecular formula is C10H21I. The van der Waals surface area contributed by atoms with Gasteiger partial charge in [0.05, 0.1) is 0 Å². The van der Waals surface area contributed by atoms with Gasteiger partial charge in [0.1, 0.15) is 0 Å². The normalized spacial score (nSPS) is 12.0. The lowest BCUT2D eigenvalue weighted by molar-refractivity contribution is 0.358. The molecule has 0 aromatic rings. The van der Waals surface area contributed by atoms with Crippen molar-refractivity contribution in [1.82, 2.24) is 0 Å². The molecule has 1 heteroatoms. The first-order valence-corrected chi connectivity index (χ1v) is 6.15. The van der Waals surface area contributed by atoms with Gasteiger partial charge in [-0.05, 0) is 22.7 Å². The zero-order valence-electron chi connectivity index (χ0n) is 8.12. The van der Waals surface area contributed by atoms with E-state index >= 15 is 0 Å². The van der Waals surface area contributed by atoms with Crippen molar-refractivity contribution in [3.63, 3.8) is 0 Å². The molecule has 0 saturated carbocycles. The summed E-state index contributed by atoms with van der Waals surface area (Å²) in [5.74, 6) is 0. The summed E-state index contributed by atoms with van der Waals surface area (Å²) >= 11 is 2.46. The Morgan fingerprint density at radius 1 is 0.909 bits per heavy atom. The van der Waals surface area contributed by atoms with Gasteiger partial charge in [0, 0.05) is 0 Å². The van der Waals surface area contributed by atoms with Crippen molar-refractivity contribution < 1.29 is 0 Å². The minimum absolute atomic E-state index is 0.546. The minimum Gasteiger partial charge on any atom is -0.0864 e. The van der Waals surface area contributed by atoms with Gasteiger partial charge in [-0.15, -0.1) is 0 Å². The zero-order valence-corrected chi connectivity index (χ0v) is 10.3. The van der Waals surface area contributed by atoms with E-state index in [9.17, 15) is 0 Å². The van der Waals surface area contributed by atoms with Crippen LogP contribution in [-0.2, 0) is 0 Å². The summed E-state index contributed by atoms with van der Waals surface area (Å²) in [6.45, 7) is 6.97. The monoisotopic (exact) mass is 268 g/mol. The first-order chi connectivity index (χ1) is 5.06. The highest BCUT2D eigenvalue weighted by atomic mass is 127. The smallest absolute Gasteiger partial charge is 0.000473 e. The molecule has 0 bridgehead atoms. The number of hydrogen-bond donors (Lipinski definition) is 0. The van der Waals surface area contributed by atoms with Crippen LogP contribution in [0.1, 0.15) is 52.9 Å². The van der Waals surface area contributed by atoms with E-state index in [2.05, 4.69) is 43.4 Å². The van der Waals surface area contributed by atoms with E-state index in [-0.39, 0.29) is 0 Å². The van der Waals surface area contributed by atoms with Gasteiger partial charge in [0.25, 0.3) is 0 Å². The molecule has 0 aliphatic carbocycles. The van der Waals surface area contributed by atoms with E-state index in [1.807, 2.05) is 0 Å². The fraction of sp³-hybridized carbons (Fsp3) is 1.00. The van der Waals surface area contributed by atoms with Crippen LogP contribution in [0.2, 0.25) is 0 Å². The molecule has 0 atom stereocenters. The van der Waals surface area contributed by atoms with Crippen molar-refractivity contribution in [2.45, 2.75) is 52.9 Å². The van der Waals surface area contributed by atoms with E-state index in [1.54, 1.807) is 0 Å². The second-order valence-corrected chi connectivity index (χ2v) is 5.49. The highest BCUT2D eigenvalue weighted by Gasteiger charge is 2.08. The summed E-state index contributed by atoms with van der Waals surface area (Å²) in [4.78, 5) is 0. The van der Waals surface area contributed by atoms with Gasteiger partial charge in [-0.3, -0.25) is 0 Å². The topological polar surface area (TPSA) is 0 Å². The molecule has 0 aromatic carbocycles. The van der Waals surface area contributed by atoms with Crippen molar-refractivity contribution in [2.75, 3.05) is 4.43 Å². The molecule has 0 unspecified atom stereocenters. The highest BCUT2D eigenvalue weighted by molar-refractivity contribution is 14.1. The van der Waals surface area contributed by atoms with Crippen LogP contribution in [0, 0.1) is 5.41 Å². The Balaban J connectivity index is 3.02. The van der Waals surface area contributed by atoms with Crippen LogP contribution in [0.4, 0.5) is 0 Å². The molecular weight excluding hydrogens is 247 g/mol. The number of unbranched alkanes of at least 4 members (excludes halogenated alkanes) is 3. The Hall–Kier alpha value is 0.730. The summed E-state index contributed by atoms with van der Waals surface area (Å²) in [5, 5.41) is 0. The van der Waals surface area contributed by atoms with Crippen LogP contribution in [-0.4, -0.2) is 4.43 Å². The molecule has 0 spiro atoms. The van der Waals surface area contributed by atoms with Gasteiger partial charge < -0.3 is 0 Å². The molecule has 0 rings (SSSR count). The lowest BCUT2D eigenvalue weighted by Gasteiger charge is -2.17. The third-order valence-corrected chi connectivity index (χ3v) is 2.57. The van der Waals surface area contributed by atoms with Gasteiger partial charge in [-0.2, -0.15) is 0 Å². The maximum Gasteiger partial charge on any atom is -0.000473 e. The van der Waals surface area contributed by atoms with Crippen molar-refractivity contribution >= 4 is 22.6 Å². The Morgan fingerprint density at radius 2 is 1.45 bits per heavy atom. The summed E-state index contributed by atoms with van der Waals surface area (Å²) in [7, 11) is 0. The van der Waals surface area contributed by atoms with Gasteiger partial charge in [0.2, 0.25) is 0 Å². The lowest BCUT2D eigenvalue weighted by atomic mass is 9.89. The molecule has 68 valence electrons. The molecule has 0 nitrogen and oxygen atoms in total. The van der Waals surface area contributed by atoms with Crippen molar-refractivity contribution in [1.29, 1.82) is 0 Å². The fourth-order valence-corrected chi connectivity index (χ4v) is 1.64. The average molecular weight is 268 g/mol. The molecule has 0 heterocycles. The van der Waals surface area contributed by atoms with Gasteiger partial charge >= 0.3 is 0 Å². The predicted molar refractivity (Wildman–Crippen MR) is 61.4 cm³/mol. The maximum absolute atomic E-state index is 2.46. The Labute approximate surface area is 85.3 Å². The van der Waals surface area contributed by atoms with E-state index in [0.717, 1.165) is 0 Å². The largest absolute Gasteiger partial charge is 0.0864 e. The summed E-state index contributed by atoms with van der Waals surface area (Å²) in [6, 6.07) is 0. The van der Waals surface area contributed by atoms with E-state index < -0.39 is 0 Å². The van der Waals surface area contributed by atoms with E-state index in [1.165, 1.54) is 36.5 Å². The predicted octanol–water partition coefficient (Wildman–Crippen LogP) is 4.42. The second kappa shape index (κ2) is 6.27. The first kappa shape index (κ1) is 11.7. The summed E-state index contributed by atoms with van der Waals surface area (Å²) < 4.78 is 1.33. The summed E-state index contributed by atoms with van der Waals surface area (Å²) in [5.41, 5.74) is 0.546. The quantitative estimate of drug-likeness (QED) is 0.393. The van der Waals surface area contributed by atoms with Crippen molar-refractivity contribution in [2.24, 2.45) is 5.41 Å². The minimum atomic E-state index is 0.546. The van der Waals surface area contributed by atoms with E-state index in [4.69, 9.17) is 0 Å². The lowest BCUT2D eigenvalue weighted by Crippen LogP contribution is -2.03. The third kappa shape index (κ3) is 10.7. The molecule has 0 aromatic heterocycles. The SMILES string of the molecule is CC(C)(C)CCCCCCI. The Bertz CT molecular complexity index is 81.4. The highest BCUT2D eigenvalue weighted by Crippen LogP contribution is 2.22. The zero-order chi connectivity index (χ0) is 8.74. The second-order valence-electron chi connectivity index (χ2n) is 4.41. The van der Waals surface area contributed by atoms with Crippen LogP contribution in [0.15, 0.2) is 0 Å². The Morgan fingerprint density at radius 3 is 1.91 bits per heavy atom. The number of halogens is 1. The van der Waals surface area contributed by atoms with Crippen LogP contribution in [0.25, 0.3) is 0 Å². The summed E-state index contributed by atoms with van der Waals surface area (Å²) in [6.07, 6.45) is 7.07.